The lowest BCUT2D eigenvalue weighted by Crippen LogP contribution is -2.31. The Labute approximate surface area is 122 Å². The molecule has 0 N–H and O–H groups in total. The number of fused-ring (bicyclic) bond motifs is 1. The minimum atomic E-state index is -3.81. The van der Waals surface area contributed by atoms with E-state index < -0.39 is 19.5 Å². The second kappa shape index (κ2) is 3.75. The van der Waals surface area contributed by atoms with Gasteiger partial charge in [0.25, 0.3) is 0 Å². The fourth-order valence-corrected chi connectivity index (χ4v) is 2.90. The summed E-state index contributed by atoms with van der Waals surface area (Å²) in [4.78, 5) is 12.0. The maximum Gasteiger partial charge on any atom is 0.343 e. The predicted molar refractivity (Wildman–Crippen MR) is 73.6 cm³/mol. The molecule has 1 aliphatic rings. The van der Waals surface area contributed by atoms with Gasteiger partial charge in [0.2, 0.25) is 11.5 Å². The van der Waals surface area contributed by atoms with Gasteiger partial charge in [-0.25, -0.2) is 0 Å². The van der Waals surface area contributed by atoms with Crippen molar-refractivity contribution in [1.82, 2.24) is 0 Å². The van der Waals surface area contributed by atoms with Gasteiger partial charge in [0, 0.05) is 6.07 Å². The van der Waals surface area contributed by atoms with E-state index in [2.05, 4.69) is 0 Å². The third-order valence-electron chi connectivity index (χ3n) is 3.08. The first-order valence-corrected chi connectivity index (χ1v) is 7.99. The van der Waals surface area contributed by atoms with Crippen LogP contribution in [0, 0.1) is 0 Å². The number of ether oxygens (including phenoxy) is 1. The Balaban J connectivity index is 2.00. The van der Waals surface area contributed by atoms with Crippen LogP contribution in [0.15, 0.2) is 15.4 Å². The number of carbonyl (C=O) groups is 1. The topological polar surface area (TPSA) is 82.8 Å². The number of rotatable bonds is 3. The summed E-state index contributed by atoms with van der Waals surface area (Å²) in [6.07, 6.45) is 0.585. The van der Waals surface area contributed by atoms with Crippen LogP contribution in [0.2, 0.25) is 0 Å². The zero-order valence-electron chi connectivity index (χ0n) is 10.0. The summed E-state index contributed by atoms with van der Waals surface area (Å²) in [5, 5.41) is 0. The molecule has 2 aromatic rings. The molecule has 0 aliphatic carbocycles. The number of alkyl halides is 1. The predicted octanol–water partition coefficient (Wildman–Crippen LogP) is 2.46. The van der Waals surface area contributed by atoms with Crippen molar-refractivity contribution < 1.29 is 26.5 Å². The van der Waals surface area contributed by atoms with E-state index in [1.807, 2.05) is 29.5 Å². The standard InChI is InChI=1S/C11H9IO6S/c1-3-11(2,12)10(13)17-7-5-4-6-8(16-5)9(7)18-19(6,14)15/h4H,3H2,1-2H3. The van der Waals surface area contributed by atoms with E-state index in [0.717, 1.165) is 0 Å². The minimum Gasteiger partial charge on any atom is -0.448 e. The van der Waals surface area contributed by atoms with Gasteiger partial charge in [0.05, 0.1) is 0 Å². The Bertz CT molecular complexity index is 772. The molecule has 3 rings (SSSR count). The molecule has 19 heavy (non-hydrogen) atoms. The number of carbonyl (C=O) groups excluding carboxylic acids is 1. The van der Waals surface area contributed by atoms with Gasteiger partial charge in [-0.15, -0.1) is 0 Å². The van der Waals surface area contributed by atoms with Gasteiger partial charge >= 0.3 is 16.1 Å². The molecule has 2 aromatic heterocycles. The first-order valence-electron chi connectivity index (χ1n) is 5.51. The van der Waals surface area contributed by atoms with Crippen LogP contribution in [0.4, 0.5) is 0 Å². The first kappa shape index (κ1) is 13.0. The highest BCUT2D eigenvalue weighted by Crippen LogP contribution is 2.52. The van der Waals surface area contributed by atoms with Gasteiger partial charge in [0.1, 0.15) is 3.42 Å². The van der Waals surface area contributed by atoms with Crippen molar-refractivity contribution in [1.29, 1.82) is 0 Å². The Morgan fingerprint density at radius 3 is 2.84 bits per heavy atom. The molecule has 1 unspecified atom stereocenters. The molecule has 0 saturated carbocycles. The van der Waals surface area contributed by atoms with Crippen molar-refractivity contribution in [2.45, 2.75) is 28.6 Å². The van der Waals surface area contributed by atoms with Crippen LogP contribution < -0.4 is 8.92 Å². The molecule has 102 valence electrons. The largest absolute Gasteiger partial charge is 0.448 e. The lowest BCUT2D eigenvalue weighted by atomic mass is 10.1. The maximum atomic E-state index is 12.0. The van der Waals surface area contributed by atoms with E-state index in [-0.39, 0.29) is 27.6 Å². The van der Waals surface area contributed by atoms with Crippen molar-refractivity contribution in [2.75, 3.05) is 0 Å². The third kappa shape index (κ3) is 1.72. The lowest BCUT2D eigenvalue weighted by Gasteiger charge is -2.17. The number of esters is 1. The monoisotopic (exact) mass is 396 g/mol. The summed E-state index contributed by atoms with van der Waals surface area (Å²) >= 11 is 1.99. The molecule has 0 fully saturated rings. The van der Waals surface area contributed by atoms with Gasteiger partial charge in [-0.3, -0.25) is 4.79 Å². The van der Waals surface area contributed by atoms with Crippen molar-refractivity contribution in [3.05, 3.63) is 6.07 Å². The Morgan fingerprint density at radius 1 is 1.53 bits per heavy atom. The molecule has 0 radical (unpaired) electrons. The Kier molecular flexibility index (Phi) is 2.56. The maximum absolute atomic E-state index is 12.0. The van der Waals surface area contributed by atoms with Crippen LogP contribution in [0.3, 0.4) is 0 Å². The van der Waals surface area contributed by atoms with Crippen molar-refractivity contribution >= 4 is 49.8 Å². The zero-order valence-corrected chi connectivity index (χ0v) is 13.0. The SMILES string of the molecule is CCC(C)(I)C(=O)Oc1c2c3oc1cc3S(=O)(=O)O2. The van der Waals surface area contributed by atoms with Gasteiger partial charge in [0.15, 0.2) is 16.1 Å². The van der Waals surface area contributed by atoms with Crippen LogP contribution in [0.25, 0.3) is 11.2 Å². The average Bonchev–Trinajstić information content (AvgIpc) is 2.92. The van der Waals surface area contributed by atoms with Crippen LogP contribution in [0.1, 0.15) is 20.3 Å². The molecule has 8 heteroatoms. The van der Waals surface area contributed by atoms with Crippen molar-refractivity contribution in [3.63, 3.8) is 0 Å². The second-order valence-corrected chi connectivity index (χ2v) is 8.34. The summed E-state index contributed by atoms with van der Waals surface area (Å²) in [6, 6.07) is 1.31. The highest BCUT2D eigenvalue weighted by atomic mass is 127. The fourth-order valence-electron chi connectivity index (χ4n) is 1.72. The summed E-state index contributed by atoms with van der Waals surface area (Å²) in [7, 11) is -3.81. The molecular weight excluding hydrogens is 387 g/mol. The zero-order chi connectivity index (χ0) is 14.0. The Hall–Kier alpha value is -1.03. The third-order valence-corrected chi connectivity index (χ3v) is 5.51. The van der Waals surface area contributed by atoms with Crippen LogP contribution in [0.5, 0.6) is 11.5 Å². The molecule has 0 saturated heterocycles. The quantitative estimate of drug-likeness (QED) is 0.261. The highest BCUT2D eigenvalue weighted by molar-refractivity contribution is 14.1. The van der Waals surface area contributed by atoms with E-state index in [1.54, 1.807) is 6.92 Å². The molecule has 6 nitrogen and oxygen atoms in total. The summed E-state index contributed by atoms with van der Waals surface area (Å²) < 4.78 is 37.8. The van der Waals surface area contributed by atoms with E-state index >= 15 is 0 Å². The van der Waals surface area contributed by atoms with Crippen molar-refractivity contribution in [2.24, 2.45) is 0 Å². The van der Waals surface area contributed by atoms with Gasteiger partial charge in [-0.05, 0) is 13.3 Å². The summed E-state index contributed by atoms with van der Waals surface area (Å²) in [5.41, 5.74) is 0.321. The van der Waals surface area contributed by atoms with E-state index in [1.165, 1.54) is 6.07 Å². The number of hydrogen-bond donors (Lipinski definition) is 0. The molecule has 1 atom stereocenters. The lowest BCUT2D eigenvalue weighted by molar-refractivity contribution is -0.136. The van der Waals surface area contributed by atoms with E-state index in [0.29, 0.717) is 6.42 Å². The number of hydrogen-bond acceptors (Lipinski definition) is 6. The number of benzene rings is 1. The van der Waals surface area contributed by atoms with Gasteiger partial charge in [-0.2, -0.15) is 8.42 Å². The summed E-state index contributed by atoms with van der Waals surface area (Å²) in [6.45, 7) is 3.60. The molecule has 2 bridgehead atoms. The van der Waals surface area contributed by atoms with Gasteiger partial charge < -0.3 is 13.3 Å². The number of furan rings is 2. The van der Waals surface area contributed by atoms with Crippen LogP contribution in [-0.4, -0.2) is 17.8 Å². The molecule has 1 aliphatic heterocycles. The molecule has 0 spiro atoms. The first-order chi connectivity index (χ1) is 8.76. The van der Waals surface area contributed by atoms with E-state index in [9.17, 15) is 13.2 Å². The highest BCUT2D eigenvalue weighted by Gasteiger charge is 2.42. The fraction of sp³-hybridized carbons (Fsp3) is 0.364. The normalized spacial score (nSPS) is 19.3. The second-order valence-electron chi connectivity index (χ2n) is 4.44. The van der Waals surface area contributed by atoms with E-state index in [4.69, 9.17) is 13.3 Å². The van der Waals surface area contributed by atoms with Crippen molar-refractivity contribution in [3.8, 4) is 11.5 Å². The smallest absolute Gasteiger partial charge is 0.343 e. The van der Waals surface area contributed by atoms with Gasteiger partial charge in [-0.1, -0.05) is 29.5 Å². The Morgan fingerprint density at radius 2 is 2.21 bits per heavy atom. The average molecular weight is 396 g/mol. The minimum absolute atomic E-state index is 0.00924. The molecule has 3 heterocycles. The molecular formula is C11H9IO6S. The molecule has 0 amide bonds. The number of halogens is 1. The summed E-state index contributed by atoms with van der Waals surface area (Å²) in [5.74, 6) is -0.449. The van der Waals surface area contributed by atoms with Crippen LogP contribution in [-0.2, 0) is 14.9 Å². The molecule has 0 aromatic carbocycles. The van der Waals surface area contributed by atoms with Crippen LogP contribution >= 0.6 is 22.6 Å².